The van der Waals surface area contributed by atoms with E-state index >= 15 is 0 Å². The molecule has 0 fully saturated rings. The standard InChI is InChI=1S/C19H13NO3/c20-11-14-15(12-7-3-1-4-8-12)16(19(23)18(14)22)17(21)13-9-5-2-6-10-13/h1-10,15,21-22H. The molecule has 1 atom stereocenters. The van der Waals surface area contributed by atoms with Crippen LogP contribution in [0.15, 0.2) is 77.6 Å². The molecule has 112 valence electrons. The van der Waals surface area contributed by atoms with Crippen LogP contribution in [0.2, 0.25) is 0 Å². The van der Waals surface area contributed by atoms with Gasteiger partial charge in [0.25, 0.3) is 0 Å². The first-order chi connectivity index (χ1) is 11.1. The van der Waals surface area contributed by atoms with Crippen LogP contribution in [0.5, 0.6) is 0 Å². The monoisotopic (exact) mass is 303 g/mol. The Bertz CT molecular complexity index is 858. The zero-order chi connectivity index (χ0) is 16.4. The number of allylic oxidation sites excluding steroid dienone is 2. The Labute approximate surface area is 133 Å². The molecule has 23 heavy (non-hydrogen) atoms. The number of ketones is 1. The number of carbonyl (C=O) groups excluding carboxylic acids is 1. The van der Waals surface area contributed by atoms with E-state index in [-0.39, 0.29) is 16.9 Å². The summed E-state index contributed by atoms with van der Waals surface area (Å²) in [5.74, 6) is -2.30. The largest absolute Gasteiger partial charge is 0.507 e. The highest BCUT2D eigenvalue weighted by molar-refractivity contribution is 6.16. The summed E-state index contributed by atoms with van der Waals surface area (Å²) in [6.07, 6.45) is 0. The second-order valence-electron chi connectivity index (χ2n) is 5.18. The van der Waals surface area contributed by atoms with Gasteiger partial charge < -0.3 is 10.2 Å². The molecule has 4 nitrogen and oxygen atoms in total. The fourth-order valence-electron chi connectivity index (χ4n) is 2.75. The van der Waals surface area contributed by atoms with Crippen molar-refractivity contribution in [1.82, 2.24) is 0 Å². The molecule has 0 saturated carbocycles. The molecule has 4 heteroatoms. The summed E-state index contributed by atoms with van der Waals surface area (Å²) in [4.78, 5) is 12.4. The van der Waals surface area contributed by atoms with Gasteiger partial charge in [-0.15, -0.1) is 0 Å². The van der Waals surface area contributed by atoms with E-state index in [4.69, 9.17) is 0 Å². The highest BCUT2D eigenvalue weighted by Crippen LogP contribution is 2.43. The number of aliphatic hydroxyl groups excluding tert-OH is 2. The number of nitriles is 1. The van der Waals surface area contributed by atoms with Crippen LogP contribution in [-0.4, -0.2) is 16.0 Å². The van der Waals surface area contributed by atoms with Crippen LogP contribution < -0.4 is 0 Å². The van der Waals surface area contributed by atoms with Crippen LogP contribution in [-0.2, 0) is 4.79 Å². The number of Topliss-reactive ketones (excluding diaryl/α,β-unsaturated/α-hetero) is 1. The van der Waals surface area contributed by atoms with Crippen molar-refractivity contribution in [1.29, 1.82) is 5.26 Å². The molecule has 2 aromatic carbocycles. The summed E-state index contributed by atoms with van der Waals surface area (Å²) >= 11 is 0. The maximum absolute atomic E-state index is 12.4. The van der Waals surface area contributed by atoms with Crippen molar-refractivity contribution in [2.75, 3.05) is 0 Å². The summed E-state index contributed by atoms with van der Waals surface area (Å²) in [6.45, 7) is 0. The van der Waals surface area contributed by atoms with Crippen LogP contribution in [0.4, 0.5) is 0 Å². The average Bonchev–Trinajstić information content (AvgIpc) is 2.87. The SMILES string of the molecule is N#CC1=C(O)C(=O)C(=C(O)c2ccccc2)C1c1ccccc1. The fraction of sp³-hybridized carbons (Fsp3) is 0.0526. The second kappa shape index (κ2) is 5.82. The molecule has 0 spiro atoms. The highest BCUT2D eigenvalue weighted by atomic mass is 16.3. The molecule has 0 aliphatic heterocycles. The fourth-order valence-corrected chi connectivity index (χ4v) is 2.75. The first kappa shape index (κ1) is 14.6. The molecule has 1 aliphatic rings. The highest BCUT2D eigenvalue weighted by Gasteiger charge is 2.41. The molecule has 1 unspecified atom stereocenters. The molecular weight excluding hydrogens is 290 g/mol. The first-order valence-electron chi connectivity index (χ1n) is 7.06. The maximum atomic E-state index is 12.4. The molecule has 0 amide bonds. The van der Waals surface area contributed by atoms with Crippen molar-refractivity contribution in [2.24, 2.45) is 0 Å². The zero-order valence-corrected chi connectivity index (χ0v) is 12.1. The summed E-state index contributed by atoms with van der Waals surface area (Å²) in [5.41, 5.74) is 1.11. The van der Waals surface area contributed by atoms with E-state index in [1.54, 1.807) is 54.6 Å². The van der Waals surface area contributed by atoms with Crippen molar-refractivity contribution in [2.45, 2.75) is 5.92 Å². The van der Waals surface area contributed by atoms with E-state index in [1.165, 1.54) is 0 Å². The van der Waals surface area contributed by atoms with E-state index < -0.39 is 17.5 Å². The van der Waals surface area contributed by atoms with Crippen LogP contribution in [0, 0.1) is 11.3 Å². The van der Waals surface area contributed by atoms with Crippen molar-refractivity contribution in [3.8, 4) is 6.07 Å². The Balaban J connectivity index is 2.24. The van der Waals surface area contributed by atoms with Crippen molar-refractivity contribution < 1.29 is 15.0 Å². The predicted molar refractivity (Wildman–Crippen MR) is 85.4 cm³/mol. The van der Waals surface area contributed by atoms with Gasteiger partial charge in [0, 0.05) is 5.56 Å². The number of carbonyl (C=O) groups is 1. The lowest BCUT2D eigenvalue weighted by Crippen LogP contribution is -2.08. The topological polar surface area (TPSA) is 81.3 Å². The third-order valence-electron chi connectivity index (χ3n) is 3.85. The Morgan fingerprint density at radius 1 is 1.00 bits per heavy atom. The Morgan fingerprint density at radius 3 is 2.13 bits per heavy atom. The third-order valence-corrected chi connectivity index (χ3v) is 3.85. The molecule has 0 aromatic heterocycles. The van der Waals surface area contributed by atoms with Gasteiger partial charge in [0.2, 0.25) is 5.78 Å². The van der Waals surface area contributed by atoms with Gasteiger partial charge in [-0.2, -0.15) is 5.26 Å². The van der Waals surface area contributed by atoms with E-state index in [2.05, 4.69) is 0 Å². The van der Waals surface area contributed by atoms with Gasteiger partial charge in [0.05, 0.1) is 23.1 Å². The minimum Gasteiger partial charge on any atom is -0.507 e. The van der Waals surface area contributed by atoms with E-state index in [1.807, 2.05) is 12.1 Å². The van der Waals surface area contributed by atoms with Gasteiger partial charge in [-0.1, -0.05) is 60.7 Å². The van der Waals surface area contributed by atoms with Gasteiger partial charge in [-0.3, -0.25) is 4.79 Å². The van der Waals surface area contributed by atoms with Gasteiger partial charge >= 0.3 is 0 Å². The number of hydrogen-bond donors (Lipinski definition) is 2. The van der Waals surface area contributed by atoms with Crippen molar-refractivity contribution in [3.05, 3.63) is 88.7 Å². The van der Waals surface area contributed by atoms with Crippen LogP contribution >= 0.6 is 0 Å². The summed E-state index contributed by atoms with van der Waals surface area (Å²) in [7, 11) is 0. The normalized spacial score (nSPS) is 19.6. The van der Waals surface area contributed by atoms with Crippen LogP contribution in [0.1, 0.15) is 17.0 Å². The van der Waals surface area contributed by atoms with Gasteiger partial charge in [0.1, 0.15) is 5.76 Å². The van der Waals surface area contributed by atoms with Crippen molar-refractivity contribution >= 4 is 11.5 Å². The second-order valence-corrected chi connectivity index (χ2v) is 5.18. The van der Waals surface area contributed by atoms with Crippen molar-refractivity contribution in [3.63, 3.8) is 0 Å². The minimum atomic E-state index is -0.770. The number of aliphatic hydroxyl groups is 2. The van der Waals surface area contributed by atoms with Gasteiger partial charge in [-0.25, -0.2) is 0 Å². The first-order valence-corrected chi connectivity index (χ1v) is 7.06. The molecule has 3 rings (SSSR count). The Hall–Kier alpha value is -3.32. The lowest BCUT2D eigenvalue weighted by molar-refractivity contribution is -0.114. The molecule has 1 aliphatic carbocycles. The van der Waals surface area contributed by atoms with Crippen LogP contribution in [0.25, 0.3) is 5.76 Å². The molecule has 0 bridgehead atoms. The van der Waals surface area contributed by atoms with Gasteiger partial charge in [0.15, 0.2) is 5.76 Å². The molecule has 2 aromatic rings. The predicted octanol–water partition coefficient (Wildman–Crippen LogP) is 3.66. The summed E-state index contributed by atoms with van der Waals surface area (Å²) in [6, 6.07) is 19.4. The molecule has 0 heterocycles. The lowest BCUT2D eigenvalue weighted by atomic mass is 9.87. The Morgan fingerprint density at radius 2 is 1.57 bits per heavy atom. The number of benzene rings is 2. The third kappa shape index (κ3) is 2.39. The molecular formula is C19H13NO3. The van der Waals surface area contributed by atoms with Gasteiger partial charge in [-0.05, 0) is 5.56 Å². The molecule has 0 radical (unpaired) electrons. The quantitative estimate of drug-likeness (QED) is 0.655. The number of hydrogen-bond acceptors (Lipinski definition) is 4. The molecule has 2 N–H and O–H groups in total. The number of rotatable bonds is 2. The van der Waals surface area contributed by atoms with E-state index in [9.17, 15) is 20.3 Å². The lowest BCUT2D eigenvalue weighted by Gasteiger charge is -2.14. The Kier molecular flexibility index (Phi) is 3.70. The summed E-state index contributed by atoms with van der Waals surface area (Å²) in [5, 5.41) is 29.9. The van der Waals surface area contributed by atoms with Crippen LogP contribution in [0.3, 0.4) is 0 Å². The zero-order valence-electron chi connectivity index (χ0n) is 12.1. The summed E-state index contributed by atoms with van der Waals surface area (Å²) < 4.78 is 0. The minimum absolute atomic E-state index is 0.0245. The number of nitrogens with zero attached hydrogens (tertiary/aromatic N) is 1. The smallest absolute Gasteiger partial charge is 0.229 e. The maximum Gasteiger partial charge on any atom is 0.229 e. The van der Waals surface area contributed by atoms with E-state index in [0.29, 0.717) is 11.1 Å². The van der Waals surface area contributed by atoms with E-state index in [0.717, 1.165) is 0 Å². The molecule has 0 saturated heterocycles. The average molecular weight is 303 g/mol.